The third kappa shape index (κ3) is 3.03. The molecule has 0 radical (unpaired) electrons. The maximum atomic E-state index is 6.13. The summed E-state index contributed by atoms with van der Waals surface area (Å²) >= 11 is 9.65. The molecule has 1 aliphatic heterocycles. The highest BCUT2D eigenvalue weighted by Crippen LogP contribution is 2.41. The molecule has 0 saturated heterocycles. The van der Waals surface area contributed by atoms with Crippen molar-refractivity contribution in [3.63, 3.8) is 0 Å². The van der Waals surface area contributed by atoms with Gasteiger partial charge in [0, 0.05) is 9.50 Å². The van der Waals surface area contributed by atoms with Crippen LogP contribution in [0, 0.1) is 0 Å². The van der Waals surface area contributed by atoms with E-state index in [1.54, 1.807) is 0 Å². The Labute approximate surface area is 171 Å². The van der Waals surface area contributed by atoms with E-state index in [1.807, 2.05) is 18.2 Å². The summed E-state index contributed by atoms with van der Waals surface area (Å²) in [5.41, 5.74) is 4.66. The molecule has 1 aromatic heterocycles. The van der Waals surface area contributed by atoms with Crippen LogP contribution in [0.4, 0.5) is 5.95 Å². The largest absolute Gasteiger partial charge is 0.349 e. The zero-order valence-electron chi connectivity index (χ0n) is 14.4. The fourth-order valence-electron chi connectivity index (χ4n) is 3.89. The topological polar surface area (TPSA) is 29.9 Å². The first-order chi connectivity index (χ1) is 13.2. The molecule has 5 heteroatoms. The minimum absolute atomic E-state index is 0.194. The summed E-state index contributed by atoms with van der Waals surface area (Å²) in [6, 6.07) is 25.4. The molecular weight excluding hydrogens is 422 g/mol. The standard InChI is InChI=1S/C22H17BrClN3/c23-16-9-5-14(6-10-16)19-13-21(15-7-11-17(24)12-8-15)27-20-4-2-1-3-18(20)25-22(27)26-19/h1-12,19,21H,13H2,(H,25,26)/t19-,21+/m1/s1. The van der Waals surface area contributed by atoms with E-state index in [2.05, 4.69) is 80.4 Å². The van der Waals surface area contributed by atoms with Crippen LogP contribution in [0.3, 0.4) is 0 Å². The molecule has 0 saturated carbocycles. The summed E-state index contributed by atoms with van der Waals surface area (Å²) in [6.45, 7) is 0. The minimum Gasteiger partial charge on any atom is -0.349 e. The fourth-order valence-corrected chi connectivity index (χ4v) is 4.28. The number of aromatic nitrogens is 2. The fraction of sp³-hybridized carbons (Fsp3) is 0.136. The molecule has 3 aromatic carbocycles. The molecular formula is C22H17BrClN3. The second kappa shape index (κ2) is 6.70. The first-order valence-electron chi connectivity index (χ1n) is 8.93. The molecule has 1 aliphatic rings. The third-order valence-corrected chi connectivity index (χ3v) is 5.98. The summed E-state index contributed by atoms with van der Waals surface area (Å²) in [5, 5.41) is 4.40. The molecule has 0 amide bonds. The molecule has 0 fully saturated rings. The van der Waals surface area contributed by atoms with Crippen LogP contribution < -0.4 is 5.32 Å². The van der Waals surface area contributed by atoms with Crippen molar-refractivity contribution in [3.8, 4) is 0 Å². The number of anilines is 1. The van der Waals surface area contributed by atoms with Crippen molar-refractivity contribution in [2.45, 2.75) is 18.5 Å². The predicted molar refractivity (Wildman–Crippen MR) is 114 cm³/mol. The van der Waals surface area contributed by atoms with Crippen molar-refractivity contribution in [2.24, 2.45) is 0 Å². The van der Waals surface area contributed by atoms with Crippen molar-refractivity contribution in [2.75, 3.05) is 5.32 Å². The summed E-state index contributed by atoms with van der Waals surface area (Å²) in [6.07, 6.45) is 0.941. The second-order valence-corrected chi connectivity index (χ2v) is 8.20. The molecule has 0 spiro atoms. The van der Waals surface area contributed by atoms with Gasteiger partial charge in [-0.25, -0.2) is 4.98 Å². The van der Waals surface area contributed by atoms with Gasteiger partial charge in [0.2, 0.25) is 5.95 Å². The number of nitrogens with zero attached hydrogens (tertiary/aromatic N) is 2. The zero-order chi connectivity index (χ0) is 18.4. The number of benzene rings is 3. The normalized spacial score (nSPS) is 18.9. The van der Waals surface area contributed by atoms with Crippen LogP contribution in [-0.4, -0.2) is 9.55 Å². The molecule has 134 valence electrons. The molecule has 27 heavy (non-hydrogen) atoms. The Kier molecular flexibility index (Phi) is 4.18. The molecule has 3 nitrogen and oxygen atoms in total. The van der Waals surface area contributed by atoms with Gasteiger partial charge >= 0.3 is 0 Å². The number of fused-ring (bicyclic) bond motifs is 3. The SMILES string of the molecule is Clc1ccc([C@@H]2C[C@H](c3ccc(Br)cc3)Nc3nc4ccccc4n32)cc1. The lowest BCUT2D eigenvalue weighted by molar-refractivity contribution is 0.477. The van der Waals surface area contributed by atoms with Gasteiger partial charge in [0.05, 0.1) is 23.1 Å². The van der Waals surface area contributed by atoms with E-state index in [1.165, 1.54) is 11.1 Å². The van der Waals surface area contributed by atoms with Crippen LogP contribution in [0.25, 0.3) is 11.0 Å². The summed E-state index contributed by atoms with van der Waals surface area (Å²) < 4.78 is 3.40. The monoisotopic (exact) mass is 437 g/mol. The van der Waals surface area contributed by atoms with Crippen LogP contribution >= 0.6 is 27.5 Å². The van der Waals surface area contributed by atoms with E-state index in [9.17, 15) is 0 Å². The van der Waals surface area contributed by atoms with E-state index < -0.39 is 0 Å². The molecule has 1 N–H and O–H groups in total. The molecule has 4 aromatic rings. The van der Waals surface area contributed by atoms with Gasteiger partial charge in [0.15, 0.2) is 0 Å². The van der Waals surface area contributed by atoms with Gasteiger partial charge in [-0.05, 0) is 53.9 Å². The third-order valence-electron chi connectivity index (χ3n) is 5.20. The van der Waals surface area contributed by atoms with Crippen LogP contribution in [0.15, 0.2) is 77.3 Å². The Bertz CT molecular complexity index is 1100. The highest BCUT2D eigenvalue weighted by molar-refractivity contribution is 9.10. The number of nitrogens with one attached hydrogen (secondary N) is 1. The zero-order valence-corrected chi connectivity index (χ0v) is 16.8. The second-order valence-electron chi connectivity index (χ2n) is 6.85. The lowest BCUT2D eigenvalue weighted by Gasteiger charge is -2.33. The Hall–Kier alpha value is -2.30. The predicted octanol–water partition coefficient (Wildman–Crippen LogP) is 6.60. The molecule has 2 heterocycles. The van der Waals surface area contributed by atoms with Crippen LogP contribution in [-0.2, 0) is 0 Å². The number of para-hydroxylation sites is 2. The number of hydrogen-bond acceptors (Lipinski definition) is 2. The Morgan fingerprint density at radius 2 is 1.63 bits per heavy atom. The quantitative estimate of drug-likeness (QED) is 0.382. The lowest BCUT2D eigenvalue weighted by Crippen LogP contribution is -2.27. The smallest absolute Gasteiger partial charge is 0.204 e. The first kappa shape index (κ1) is 16.8. The van der Waals surface area contributed by atoms with Gasteiger partial charge in [-0.15, -0.1) is 0 Å². The average Bonchev–Trinajstić information content (AvgIpc) is 3.07. The lowest BCUT2D eigenvalue weighted by atomic mass is 9.93. The Balaban J connectivity index is 1.65. The number of rotatable bonds is 2. The van der Waals surface area contributed by atoms with Crippen LogP contribution in [0.5, 0.6) is 0 Å². The highest BCUT2D eigenvalue weighted by atomic mass is 79.9. The number of halogens is 2. The Morgan fingerprint density at radius 1 is 0.926 bits per heavy atom. The molecule has 0 bridgehead atoms. The molecule has 5 rings (SSSR count). The maximum absolute atomic E-state index is 6.13. The van der Waals surface area contributed by atoms with E-state index in [-0.39, 0.29) is 12.1 Å². The number of hydrogen-bond donors (Lipinski definition) is 1. The van der Waals surface area contributed by atoms with Crippen molar-refractivity contribution >= 4 is 44.5 Å². The molecule has 0 aliphatic carbocycles. The van der Waals surface area contributed by atoms with E-state index >= 15 is 0 Å². The molecule has 2 atom stereocenters. The Morgan fingerprint density at radius 3 is 2.41 bits per heavy atom. The van der Waals surface area contributed by atoms with Crippen molar-refractivity contribution in [3.05, 3.63) is 93.4 Å². The van der Waals surface area contributed by atoms with Gasteiger partial charge in [-0.1, -0.05) is 63.9 Å². The van der Waals surface area contributed by atoms with Gasteiger partial charge in [-0.2, -0.15) is 0 Å². The van der Waals surface area contributed by atoms with E-state index in [0.717, 1.165) is 32.9 Å². The maximum Gasteiger partial charge on any atom is 0.204 e. The van der Waals surface area contributed by atoms with E-state index in [0.29, 0.717) is 0 Å². The minimum atomic E-state index is 0.194. The van der Waals surface area contributed by atoms with Gasteiger partial charge in [0.1, 0.15) is 0 Å². The van der Waals surface area contributed by atoms with Gasteiger partial charge < -0.3 is 9.88 Å². The summed E-state index contributed by atoms with van der Waals surface area (Å²) in [5.74, 6) is 0.912. The van der Waals surface area contributed by atoms with Gasteiger partial charge in [-0.3, -0.25) is 0 Å². The summed E-state index contributed by atoms with van der Waals surface area (Å²) in [7, 11) is 0. The summed E-state index contributed by atoms with van der Waals surface area (Å²) in [4.78, 5) is 4.86. The highest BCUT2D eigenvalue weighted by Gasteiger charge is 2.30. The number of imidazole rings is 1. The van der Waals surface area contributed by atoms with Crippen LogP contribution in [0.2, 0.25) is 5.02 Å². The average molecular weight is 439 g/mol. The van der Waals surface area contributed by atoms with Crippen molar-refractivity contribution in [1.29, 1.82) is 0 Å². The van der Waals surface area contributed by atoms with Gasteiger partial charge in [0.25, 0.3) is 0 Å². The first-order valence-corrected chi connectivity index (χ1v) is 10.1. The van der Waals surface area contributed by atoms with Crippen molar-refractivity contribution in [1.82, 2.24) is 9.55 Å². The van der Waals surface area contributed by atoms with Crippen molar-refractivity contribution < 1.29 is 0 Å². The molecule has 0 unspecified atom stereocenters. The van der Waals surface area contributed by atoms with Crippen LogP contribution in [0.1, 0.15) is 29.6 Å². The van der Waals surface area contributed by atoms with E-state index in [4.69, 9.17) is 16.6 Å².